The van der Waals surface area contributed by atoms with E-state index in [4.69, 9.17) is 18.9 Å². The van der Waals surface area contributed by atoms with Crippen LogP contribution in [0, 0.1) is 5.92 Å². The van der Waals surface area contributed by atoms with E-state index in [1.54, 1.807) is 32.4 Å². The van der Waals surface area contributed by atoms with Gasteiger partial charge >= 0.3 is 5.97 Å². The summed E-state index contributed by atoms with van der Waals surface area (Å²) in [7, 11) is 4.64. The minimum atomic E-state index is -0.679. The summed E-state index contributed by atoms with van der Waals surface area (Å²) < 4.78 is 21.7. The first-order valence-corrected chi connectivity index (χ1v) is 12.7. The number of carbonyl (C=O) groups is 2. The van der Waals surface area contributed by atoms with E-state index in [1.165, 1.54) is 7.11 Å². The molecule has 4 rings (SSSR count). The standard InChI is InChI=1S/C30H35NO7/c1-16(2)15-38-30(34)27-17(3)31-21-11-20(18-7-10-25(36-5)26(14-18)37-6)13-23(33)29(21)28(27)19-8-9-24(35-4)22(32)12-19/h7-10,12,14,16,20,28,31-32H,11,13,15H2,1-6H3/t20-,28-/m1/s1. The largest absolute Gasteiger partial charge is 0.504 e. The number of hydrogen-bond acceptors (Lipinski definition) is 8. The highest BCUT2D eigenvalue weighted by molar-refractivity contribution is 6.04. The Morgan fingerprint density at radius 2 is 1.63 bits per heavy atom. The fraction of sp³-hybridized carbons (Fsp3) is 0.400. The Bertz CT molecular complexity index is 1310. The van der Waals surface area contributed by atoms with Crippen LogP contribution >= 0.6 is 0 Å². The molecule has 8 heteroatoms. The Morgan fingerprint density at radius 3 is 2.26 bits per heavy atom. The lowest BCUT2D eigenvalue weighted by Gasteiger charge is -2.37. The van der Waals surface area contributed by atoms with Gasteiger partial charge in [0, 0.05) is 29.3 Å². The van der Waals surface area contributed by atoms with Gasteiger partial charge < -0.3 is 29.4 Å². The molecule has 0 aromatic heterocycles. The summed E-state index contributed by atoms with van der Waals surface area (Å²) in [5.41, 5.74) is 3.86. The molecule has 0 radical (unpaired) electrons. The van der Waals surface area contributed by atoms with E-state index in [0.717, 1.165) is 11.3 Å². The van der Waals surface area contributed by atoms with Crippen LogP contribution in [0.25, 0.3) is 0 Å². The van der Waals surface area contributed by atoms with Crippen LogP contribution in [0.1, 0.15) is 56.6 Å². The predicted octanol–water partition coefficient (Wildman–Crippen LogP) is 4.98. The molecule has 0 spiro atoms. The topological polar surface area (TPSA) is 103 Å². The summed E-state index contributed by atoms with van der Waals surface area (Å²) in [6.07, 6.45) is 0.836. The van der Waals surface area contributed by atoms with Crippen molar-refractivity contribution < 1.29 is 33.6 Å². The van der Waals surface area contributed by atoms with Crippen LogP contribution in [0.3, 0.4) is 0 Å². The molecule has 2 N–H and O–H groups in total. The van der Waals surface area contributed by atoms with Crippen molar-refractivity contribution in [2.45, 2.75) is 45.4 Å². The maximum Gasteiger partial charge on any atom is 0.336 e. The van der Waals surface area contributed by atoms with Gasteiger partial charge in [-0.25, -0.2) is 4.79 Å². The molecular formula is C30H35NO7. The quantitative estimate of drug-likeness (QED) is 0.469. The maximum atomic E-state index is 13.8. The molecule has 2 aromatic carbocycles. The number of dihydropyridines is 1. The van der Waals surface area contributed by atoms with Gasteiger partial charge in [-0.3, -0.25) is 4.79 Å². The number of rotatable bonds is 8. The smallest absolute Gasteiger partial charge is 0.336 e. The second-order valence-corrected chi connectivity index (χ2v) is 10.1. The van der Waals surface area contributed by atoms with Gasteiger partial charge in [-0.15, -0.1) is 0 Å². The van der Waals surface area contributed by atoms with E-state index in [9.17, 15) is 14.7 Å². The van der Waals surface area contributed by atoms with Gasteiger partial charge in [0.05, 0.1) is 33.5 Å². The molecule has 0 amide bonds. The van der Waals surface area contributed by atoms with Crippen molar-refractivity contribution in [3.8, 4) is 23.0 Å². The first-order chi connectivity index (χ1) is 18.2. The van der Waals surface area contributed by atoms with Gasteiger partial charge in [-0.05, 0) is 60.6 Å². The highest BCUT2D eigenvalue weighted by atomic mass is 16.5. The number of Topliss-reactive ketones (excluding diaryl/α,β-unsaturated/α-hetero) is 1. The number of nitrogens with one attached hydrogen (secondary N) is 1. The number of ether oxygens (including phenoxy) is 4. The third kappa shape index (κ3) is 5.21. The molecule has 0 fully saturated rings. The van der Waals surface area contributed by atoms with E-state index in [1.807, 2.05) is 39.0 Å². The van der Waals surface area contributed by atoms with E-state index in [0.29, 0.717) is 46.1 Å². The number of phenolic OH excluding ortho intramolecular Hbond substituents is 1. The highest BCUT2D eigenvalue weighted by Gasteiger charge is 2.41. The molecule has 2 aliphatic rings. The highest BCUT2D eigenvalue weighted by Crippen LogP contribution is 2.47. The van der Waals surface area contributed by atoms with Crippen LogP contribution in [0.15, 0.2) is 58.9 Å². The molecule has 1 aliphatic carbocycles. The fourth-order valence-electron chi connectivity index (χ4n) is 5.19. The second-order valence-electron chi connectivity index (χ2n) is 10.1. The molecule has 0 saturated carbocycles. The van der Waals surface area contributed by atoms with Crippen LogP contribution in [0.2, 0.25) is 0 Å². The van der Waals surface area contributed by atoms with Gasteiger partial charge in [0.15, 0.2) is 28.8 Å². The summed E-state index contributed by atoms with van der Waals surface area (Å²) in [4.78, 5) is 27.1. The molecule has 0 bridgehead atoms. The second kappa shape index (κ2) is 11.2. The molecule has 1 heterocycles. The molecule has 38 heavy (non-hydrogen) atoms. The average Bonchev–Trinajstić information content (AvgIpc) is 2.90. The van der Waals surface area contributed by atoms with Gasteiger partial charge in [-0.2, -0.15) is 0 Å². The molecule has 2 atom stereocenters. The Kier molecular flexibility index (Phi) is 7.99. The average molecular weight is 522 g/mol. The predicted molar refractivity (Wildman–Crippen MR) is 143 cm³/mol. The third-order valence-corrected chi connectivity index (χ3v) is 7.01. The number of phenols is 1. The van der Waals surface area contributed by atoms with Crippen molar-refractivity contribution in [1.29, 1.82) is 0 Å². The number of benzene rings is 2. The number of methoxy groups -OCH3 is 3. The molecule has 2 aromatic rings. The molecular weight excluding hydrogens is 486 g/mol. The molecule has 0 saturated heterocycles. The lowest BCUT2D eigenvalue weighted by atomic mass is 9.71. The van der Waals surface area contributed by atoms with E-state index in [2.05, 4.69) is 5.32 Å². The van der Waals surface area contributed by atoms with Gasteiger partial charge in [0.25, 0.3) is 0 Å². The van der Waals surface area contributed by atoms with Crippen LogP contribution in [-0.4, -0.2) is 44.8 Å². The SMILES string of the molecule is COc1ccc([C@@H]2C(C(=O)OCC(C)C)=C(C)NC3=C2C(=O)C[C@H](c2ccc(OC)c(OC)c2)C3)cc1O. The molecule has 8 nitrogen and oxygen atoms in total. The fourth-order valence-corrected chi connectivity index (χ4v) is 5.19. The maximum absolute atomic E-state index is 13.8. The van der Waals surface area contributed by atoms with Crippen molar-refractivity contribution >= 4 is 11.8 Å². The van der Waals surface area contributed by atoms with E-state index < -0.39 is 11.9 Å². The number of hydrogen-bond donors (Lipinski definition) is 2. The monoisotopic (exact) mass is 521 g/mol. The van der Waals surface area contributed by atoms with Crippen molar-refractivity contribution in [3.05, 3.63) is 70.1 Å². The third-order valence-electron chi connectivity index (χ3n) is 7.01. The number of aromatic hydroxyl groups is 1. The van der Waals surface area contributed by atoms with Crippen LogP contribution in [0.4, 0.5) is 0 Å². The van der Waals surface area contributed by atoms with Crippen molar-refractivity contribution in [2.24, 2.45) is 5.92 Å². The molecule has 1 aliphatic heterocycles. The number of allylic oxidation sites excluding steroid dienone is 3. The zero-order valence-electron chi connectivity index (χ0n) is 22.7. The Balaban J connectivity index is 1.77. The minimum absolute atomic E-state index is 0.0651. The number of esters is 1. The van der Waals surface area contributed by atoms with Crippen molar-refractivity contribution in [3.63, 3.8) is 0 Å². The van der Waals surface area contributed by atoms with Crippen molar-refractivity contribution in [1.82, 2.24) is 5.32 Å². The number of carbonyl (C=O) groups excluding carboxylic acids is 2. The Hall–Kier alpha value is -3.94. The van der Waals surface area contributed by atoms with Crippen LogP contribution in [-0.2, 0) is 14.3 Å². The summed E-state index contributed by atoms with van der Waals surface area (Å²) in [6.45, 7) is 6.01. The summed E-state index contributed by atoms with van der Waals surface area (Å²) in [6, 6.07) is 10.7. The van der Waals surface area contributed by atoms with Gasteiger partial charge in [0.1, 0.15) is 0 Å². The normalized spacial score (nSPS) is 19.2. The summed E-state index contributed by atoms with van der Waals surface area (Å²) >= 11 is 0. The summed E-state index contributed by atoms with van der Waals surface area (Å²) in [5.74, 6) is 0.319. The van der Waals surface area contributed by atoms with Crippen LogP contribution < -0.4 is 19.5 Å². The Morgan fingerprint density at radius 1 is 0.974 bits per heavy atom. The summed E-state index contributed by atoms with van der Waals surface area (Å²) in [5, 5.41) is 13.9. The van der Waals surface area contributed by atoms with Crippen LogP contribution in [0.5, 0.6) is 23.0 Å². The number of ketones is 1. The molecule has 202 valence electrons. The van der Waals surface area contributed by atoms with Gasteiger partial charge in [-0.1, -0.05) is 26.0 Å². The molecule has 0 unspecified atom stereocenters. The first kappa shape index (κ1) is 27.1. The zero-order chi connectivity index (χ0) is 27.6. The Labute approximate surface area is 223 Å². The van der Waals surface area contributed by atoms with E-state index >= 15 is 0 Å². The zero-order valence-corrected chi connectivity index (χ0v) is 22.7. The van der Waals surface area contributed by atoms with Gasteiger partial charge in [0.2, 0.25) is 0 Å². The lowest BCUT2D eigenvalue weighted by Crippen LogP contribution is -2.36. The minimum Gasteiger partial charge on any atom is -0.504 e. The lowest BCUT2D eigenvalue weighted by molar-refractivity contribution is -0.140. The first-order valence-electron chi connectivity index (χ1n) is 12.7. The van der Waals surface area contributed by atoms with Crippen molar-refractivity contribution in [2.75, 3.05) is 27.9 Å². The van der Waals surface area contributed by atoms with E-state index in [-0.39, 0.29) is 36.4 Å².